The molecule has 5 rings (SSSR count). The number of Topliss-reactive ketones (excluding diaryl/α,β-unsaturated/α-hetero) is 1. The molecule has 0 spiro atoms. The van der Waals surface area contributed by atoms with Crippen molar-refractivity contribution in [2.24, 2.45) is 0 Å². The molecule has 1 saturated heterocycles. The number of amides is 1. The zero-order valence-electron chi connectivity index (χ0n) is 16.4. The van der Waals surface area contributed by atoms with E-state index in [0.29, 0.717) is 29.9 Å². The molecule has 2 aliphatic heterocycles. The van der Waals surface area contributed by atoms with Crippen LogP contribution in [0.15, 0.2) is 70.9 Å². The lowest BCUT2D eigenvalue weighted by Crippen LogP contribution is -2.29. The van der Waals surface area contributed by atoms with Gasteiger partial charge in [0.25, 0.3) is 11.7 Å². The first-order chi connectivity index (χ1) is 15.0. The average Bonchev–Trinajstić information content (AvgIpc) is 3.51. The van der Waals surface area contributed by atoms with E-state index >= 15 is 0 Å². The number of benzene rings is 2. The van der Waals surface area contributed by atoms with Gasteiger partial charge in [-0.05, 0) is 53.6 Å². The molecule has 2 aromatic carbocycles. The number of furan rings is 1. The number of likely N-dealkylation sites (tertiary alicyclic amines) is 1. The molecule has 0 saturated carbocycles. The van der Waals surface area contributed by atoms with Gasteiger partial charge in [0, 0.05) is 18.5 Å². The van der Waals surface area contributed by atoms with E-state index in [4.69, 9.17) is 9.15 Å². The molecule has 0 radical (unpaired) electrons. The first kappa shape index (κ1) is 19.1. The monoisotopic (exact) mass is 419 g/mol. The highest BCUT2D eigenvalue weighted by atomic mass is 19.1. The highest BCUT2D eigenvalue weighted by Crippen LogP contribution is 2.41. The molecule has 3 aromatic rings. The van der Waals surface area contributed by atoms with Crippen molar-refractivity contribution < 1.29 is 28.2 Å². The molecule has 0 bridgehead atoms. The molecule has 6 nitrogen and oxygen atoms in total. The minimum Gasteiger partial charge on any atom is -0.507 e. The number of ether oxygens (including phenoxy) is 1. The number of carbonyl (C=O) groups is 2. The zero-order chi connectivity index (χ0) is 21.5. The number of aliphatic hydroxyl groups excluding tert-OH is 1. The van der Waals surface area contributed by atoms with Crippen LogP contribution >= 0.6 is 0 Å². The minimum atomic E-state index is -0.899. The Balaban J connectivity index is 1.60. The molecule has 31 heavy (non-hydrogen) atoms. The summed E-state index contributed by atoms with van der Waals surface area (Å²) in [6, 6.07) is 13.3. The summed E-state index contributed by atoms with van der Waals surface area (Å²) in [5.41, 5.74) is 1.97. The van der Waals surface area contributed by atoms with Crippen LogP contribution in [0.3, 0.4) is 0 Å². The highest BCUT2D eigenvalue weighted by Gasteiger charge is 2.47. The van der Waals surface area contributed by atoms with Gasteiger partial charge in [0.1, 0.15) is 29.1 Å². The average molecular weight is 419 g/mol. The fraction of sp³-hybridized carbons (Fsp3) is 0.167. The van der Waals surface area contributed by atoms with Crippen LogP contribution in [0.25, 0.3) is 5.76 Å². The summed E-state index contributed by atoms with van der Waals surface area (Å²) in [5, 5.41) is 11.1. The van der Waals surface area contributed by atoms with Crippen LogP contribution in [0.1, 0.15) is 28.5 Å². The summed E-state index contributed by atoms with van der Waals surface area (Å²) >= 11 is 0. The summed E-state index contributed by atoms with van der Waals surface area (Å²) in [6.45, 7) is 0.624. The molecule has 3 heterocycles. The quantitative estimate of drug-likeness (QED) is 0.393. The second kappa shape index (κ2) is 7.43. The van der Waals surface area contributed by atoms with Gasteiger partial charge in [-0.15, -0.1) is 0 Å². The van der Waals surface area contributed by atoms with E-state index in [9.17, 15) is 19.1 Å². The number of carbonyl (C=O) groups excluding carboxylic acids is 2. The van der Waals surface area contributed by atoms with Crippen molar-refractivity contribution in [3.05, 3.63) is 94.7 Å². The van der Waals surface area contributed by atoms with E-state index in [1.165, 1.54) is 23.3 Å². The number of rotatable bonds is 4. The van der Waals surface area contributed by atoms with E-state index in [1.807, 2.05) is 0 Å². The molecule has 1 amide bonds. The van der Waals surface area contributed by atoms with Crippen LogP contribution in [-0.4, -0.2) is 28.3 Å². The van der Waals surface area contributed by atoms with Crippen LogP contribution in [0, 0.1) is 5.82 Å². The standard InChI is InChI=1S/C24H18FNO5/c25-17-6-3-14(4-7-17)13-26-21(19-2-1-10-30-19)20(23(28)24(26)29)22(27)16-5-8-18-15(12-16)9-11-31-18/h1-8,10,12,21,27H,9,11,13H2/b22-20-. The third-order valence-corrected chi connectivity index (χ3v) is 5.58. The van der Waals surface area contributed by atoms with Crippen LogP contribution in [0.2, 0.25) is 0 Å². The maximum absolute atomic E-state index is 13.3. The summed E-state index contributed by atoms with van der Waals surface area (Å²) < 4.78 is 24.3. The molecule has 2 aliphatic rings. The van der Waals surface area contributed by atoms with E-state index in [1.54, 1.807) is 42.5 Å². The van der Waals surface area contributed by atoms with Crippen LogP contribution < -0.4 is 4.74 Å². The largest absolute Gasteiger partial charge is 0.507 e. The van der Waals surface area contributed by atoms with Crippen molar-refractivity contribution in [3.63, 3.8) is 0 Å². The third kappa shape index (κ3) is 3.28. The molecule has 1 unspecified atom stereocenters. The van der Waals surface area contributed by atoms with Crippen molar-refractivity contribution in [2.45, 2.75) is 19.0 Å². The first-order valence-corrected chi connectivity index (χ1v) is 9.85. The Hall–Kier alpha value is -3.87. The van der Waals surface area contributed by atoms with Gasteiger partial charge in [0.05, 0.1) is 18.4 Å². The van der Waals surface area contributed by atoms with Gasteiger partial charge in [-0.1, -0.05) is 12.1 Å². The highest BCUT2D eigenvalue weighted by molar-refractivity contribution is 6.46. The van der Waals surface area contributed by atoms with Crippen molar-refractivity contribution in [1.82, 2.24) is 4.90 Å². The van der Waals surface area contributed by atoms with Crippen LogP contribution in [0.5, 0.6) is 5.75 Å². The third-order valence-electron chi connectivity index (χ3n) is 5.58. The van der Waals surface area contributed by atoms with Crippen molar-refractivity contribution in [3.8, 4) is 5.75 Å². The van der Waals surface area contributed by atoms with Crippen molar-refractivity contribution in [1.29, 1.82) is 0 Å². The Morgan fingerprint density at radius 2 is 1.94 bits per heavy atom. The molecule has 1 N–H and O–H groups in total. The minimum absolute atomic E-state index is 0.0408. The van der Waals surface area contributed by atoms with E-state index in [2.05, 4.69) is 0 Å². The van der Waals surface area contributed by atoms with E-state index in [0.717, 1.165) is 11.3 Å². The smallest absolute Gasteiger partial charge is 0.296 e. The molecule has 156 valence electrons. The van der Waals surface area contributed by atoms with Gasteiger partial charge in [0.2, 0.25) is 0 Å². The van der Waals surface area contributed by atoms with Crippen LogP contribution in [0.4, 0.5) is 4.39 Å². The SMILES string of the molecule is O=C1C(=O)N(Cc2ccc(F)cc2)C(c2ccco2)/C1=C(/O)c1ccc2c(c1)CCO2. The molecule has 1 atom stereocenters. The van der Waals surface area contributed by atoms with Gasteiger partial charge in [-0.25, -0.2) is 4.39 Å². The molecule has 7 heteroatoms. The Bertz CT molecular complexity index is 1200. The predicted molar refractivity (Wildman–Crippen MR) is 109 cm³/mol. The van der Waals surface area contributed by atoms with Gasteiger partial charge >= 0.3 is 0 Å². The number of hydrogen-bond acceptors (Lipinski definition) is 5. The fourth-order valence-corrected chi connectivity index (χ4v) is 4.06. The molecular formula is C24H18FNO5. The van der Waals surface area contributed by atoms with E-state index in [-0.39, 0.29) is 17.9 Å². The molecule has 1 aromatic heterocycles. The first-order valence-electron chi connectivity index (χ1n) is 9.85. The predicted octanol–water partition coefficient (Wildman–Crippen LogP) is 3.98. The lowest BCUT2D eigenvalue weighted by atomic mass is 9.98. The van der Waals surface area contributed by atoms with Crippen molar-refractivity contribution in [2.75, 3.05) is 6.61 Å². The lowest BCUT2D eigenvalue weighted by Gasteiger charge is -2.23. The van der Waals surface area contributed by atoms with Gasteiger partial charge in [0.15, 0.2) is 0 Å². The zero-order valence-corrected chi connectivity index (χ0v) is 16.4. The number of ketones is 1. The number of halogens is 1. The topological polar surface area (TPSA) is 80.0 Å². The summed E-state index contributed by atoms with van der Waals surface area (Å²) in [5.74, 6) is -1.11. The number of aliphatic hydroxyl groups is 1. The second-order valence-electron chi connectivity index (χ2n) is 7.49. The summed E-state index contributed by atoms with van der Waals surface area (Å²) in [7, 11) is 0. The van der Waals surface area contributed by atoms with E-state index < -0.39 is 23.5 Å². The van der Waals surface area contributed by atoms with Gasteiger partial charge < -0.3 is 19.2 Å². The maximum atomic E-state index is 13.3. The number of fused-ring (bicyclic) bond motifs is 1. The summed E-state index contributed by atoms with van der Waals surface area (Å²) in [4.78, 5) is 27.2. The normalized spacial score (nSPS) is 19.5. The fourth-order valence-electron chi connectivity index (χ4n) is 4.06. The van der Waals surface area contributed by atoms with Gasteiger partial charge in [-0.3, -0.25) is 9.59 Å². The second-order valence-corrected chi connectivity index (χ2v) is 7.49. The summed E-state index contributed by atoms with van der Waals surface area (Å²) in [6.07, 6.45) is 2.15. The Morgan fingerprint density at radius 1 is 1.13 bits per heavy atom. The number of nitrogens with zero attached hydrogens (tertiary/aromatic N) is 1. The molecular weight excluding hydrogens is 401 g/mol. The Kier molecular flexibility index (Phi) is 4.58. The van der Waals surface area contributed by atoms with Gasteiger partial charge in [-0.2, -0.15) is 0 Å². The Morgan fingerprint density at radius 3 is 2.68 bits per heavy atom. The maximum Gasteiger partial charge on any atom is 0.296 e. The molecule has 1 fully saturated rings. The lowest BCUT2D eigenvalue weighted by molar-refractivity contribution is -0.140. The Labute approximate surface area is 177 Å². The van der Waals surface area contributed by atoms with Crippen molar-refractivity contribution >= 4 is 17.4 Å². The number of hydrogen-bond donors (Lipinski definition) is 1. The van der Waals surface area contributed by atoms with Crippen LogP contribution in [-0.2, 0) is 22.6 Å². The molecule has 0 aliphatic carbocycles.